The first kappa shape index (κ1) is 6.67. The molecule has 1 N–H and O–H groups in total. The lowest BCUT2D eigenvalue weighted by Crippen LogP contribution is -2.01. The summed E-state index contributed by atoms with van der Waals surface area (Å²) < 4.78 is 0. The molecule has 0 aliphatic heterocycles. The van der Waals surface area contributed by atoms with Crippen molar-refractivity contribution >= 4 is 5.95 Å². The van der Waals surface area contributed by atoms with Gasteiger partial charge >= 0.3 is 0 Å². The number of hydrogen-bond donors (Lipinski definition) is 1. The molecular formula is C6H8N4. The van der Waals surface area contributed by atoms with E-state index in [1.165, 1.54) is 12.7 Å². The van der Waals surface area contributed by atoms with Gasteiger partial charge in [-0.3, -0.25) is 0 Å². The van der Waals surface area contributed by atoms with E-state index in [0.717, 1.165) is 0 Å². The van der Waals surface area contributed by atoms with Crippen molar-refractivity contribution in [1.82, 2.24) is 15.0 Å². The summed E-state index contributed by atoms with van der Waals surface area (Å²) in [4.78, 5) is 11.3. The second-order valence-electron chi connectivity index (χ2n) is 1.63. The van der Waals surface area contributed by atoms with Crippen LogP contribution in [0.2, 0.25) is 0 Å². The molecule has 4 nitrogen and oxygen atoms in total. The zero-order chi connectivity index (χ0) is 7.23. The smallest absolute Gasteiger partial charge is 0.225 e. The Hall–Kier alpha value is -1.45. The Labute approximate surface area is 59.0 Å². The molecule has 0 radical (unpaired) electrons. The van der Waals surface area contributed by atoms with Crippen LogP contribution in [-0.4, -0.2) is 21.5 Å². The summed E-state index contributed by atoms with van der Waals surface area (Å²) in [6.45, 7) is 4.21. The van der Waals surface area contributed by atoms with Crippen molar-refractivity contribution in [3.05, 3.63) is 25.3 Å². The number of aromatic nitrogens is 3. The molecule has 0 aliphatic carbocycles. The second kappa shape index (κ2) is 3.55. The highest BCUT2D eigenvalue weighted by molar-refractivity contribution is 5.21. The summed E-state index contributed by atoms with van der Waals surface area (Å²) in [5.41, 5.74) is 0. The van der Waals surface area contributed by atoms with Crippen molar-refractivity contribution in [2.45, 2.75) is 0 Å². The van der Waals surface area contributed by atoms with Gasteiger partial charge in [0.1, 0.15) is 12.7 Å². The largest absolute Gasteiger partial charge is 0.351 e. The normalized spacial score (nSPS) is 8.80. The van der Waals surface area contributed by atoms with Crippen LogP contribution in [0.15, 0.2) is 25.3 Å². The Balaban J connectivity index is 2.50. The van der Waals surface area contributed by atoms with Crippen molar-refractivity contribution in [2.75, 3.05) is 11.9 Å². The Morgan fingerprint density at radius 3 is 2.80 bits per heavy atom. The van der Waals surface area contributed by atoms with E-state index in [9.17, 15) is 0 Å². The number of anilines is 1. The third-order valence-electron chi connectivity index (χ3n) is 0.898. The maximum atomic E-state index is 3.84. The quantitative estimate of drug-likeness (QED) is 0.613. The van der Waals surface area contributed by atoms with Crippen LogP contribution in [0.1, 0.15) is 0 Å². The van der Waals surface area contributed by atoms with Gasteiger partial charge in [-0.25, -0.2) is 15.0 Å². The van der Waals surface area contributed by atoms with Crippen LogP contribution < -0.4 is 5.32 Å². The van der Waals surface area contributed by atoms with E-state index in [-0.39, 0.29) is 0 Å². The standard InChI is InChI=1S/C6H8N4/c1-2-3-8-6-9-4-7-5-10-6/h2,4-5H,1,3H2,(H,7,8,9,10). The number of hydrogen-bond acceptors (Lipinski definition) is 4. The maximum Gasteiger partial charge on any atom is 0.225 e. The van der Waals surface area contributed by atoms with Crippen LogP contribution in [0.5, 0.6) is 0 Å². The molecule has 0 bridgehead atoms. The molecule has 1 heterocycles. The fourth-order valence-corrected chi connectivity index (χ4v) is 0.494. The third kappa shape index (κ3) is 1.81. The van der Waals surface area contributed by atoms with Crippen molar-refractivity contribution in [1.29, 1.82) is 0 Å². The average molecular weight is 136 g/mol. The highest BCUT2D eigenvalue weighted by Gasteiger charge is 1.86. The molecule has 0 amide bonds. The molecule has 52 valence electrons. The highest BCUT2D eigenvalue weighted by atomic mass is 15.1. The van der Waals surface area contributed by atoms with Crippen LogP contribution in [0.25, 0.3) is 0 Å². The van der Waals surface area contributed by atoms with Crippen LogP contribution in [0.4, 0.5) is 5.95 Å². The van der Waals surface area contributed by atoms with E-state index in [4.69, 9.17) is 0 Å². The Bertz CT molecular complexity index is 196. The SMILES string of the molecule is C=CCNc1ncncn1. The van der Waals surface area contributed by atoms with E-state index in [1.807, 2.05) is 0 Å². The van der Waals surface area contributed by atoms with Crippen LogP contribution >= 0.6 is 0 Å². The highest BCUT2D eigenvalue weighted by Crippen LogP contribution is 1.89. The Morgan fingerprint density at radius 2 is 2.20 bits per heavy atom. The molecule has 4 heteroatoms. The summed E-state index contributed by atoms with van der Waals surface area (Å²) in [7, 11) is 0. The number of rotatable bonds is 3. The first-order valence-corrected chi connectivity index (χ1v) is 2.90. The van der Waals surface area contributed by atoms with Gasteiger partial charge in [-0.2, -0.15) is 0 Å². The summed E-state index contributed by atoms with van der Waals surface area (Å²) in [5.74, 6) is 0.579. The van der Waals surface area contributed by atoms with Gasteiger partial charge in [-0.15, -0.1) is 6.58 Å². The van der Waals surface area contributed by atoms with Gasteiger partial charge in [0.05, 0.1) is 0 Å². The molecule has 0 saturated carbocycles. The Morgan fingerprint density at radius 1 is 1.50 bits per heavy atom. The molecule has 0 spiro atoms. The fraction of sp³-hybridized carbons (Fsp3) is 0.167. The molecule has 1 aromatic rings. The average Bonchev–Trinajstić information content (AvgIpc) is 2.03. The number of nitrogens with one attached hydrogen (secondary N) is 1. The van der Waals surface area contributed by atoms with Crippen molar-refractivity contribution < 1.29 is 0 Å². The van der Waals surface area contributed by atoms with Crippen LogP contribution in [0.3, 0.4) is 0 Å². The predicted molar refractivity (Wildman–Crippen MR) is 38.5 cm³/mol. The van der Waals surface area contributed by atoms with Gasteiger partial charge in [0.15, 0.2) is 0 Å². The predicted octanol–water partition coefficient (Wildman–Crippen LogP) is 0.469. The molecule has 0 aromatic carbocycles. The lowest BCUT2D eigenvalue weighted by Gasteiger charge is -1.96. The zero-order valence-corrected chi connectivity index (χ0v) is 5.49. The van der Waals surface area contributed by atoms with E-state index in [1.54, 1.807) is 6.08 Å². The van der Waals surface area contributed by atoms with Crippen molar-refractivity contribution in [3.8, 4) is 0 Å². The minimum atomic E-state index is 0.579. The molecule has 0 atom stereocenters. The monoisotopic (exact) mass is 136 g/mol. The molecule has 0 aliphatic rings. The minimum Gasteiger partial charge on any atom is -0.351 e. The lowest BCUT2D eigenvalue weighted by atomic mass is 10.6. The van der Waals surface area contributed by atoms with Gasteiger partial charge in [-0.1, -0.05) is 6.08 Å². The first-order chi connectivity index (χ1) is 4.93. The molecule has 1 rings (SSSR count). The third-order valence-corrected chi connectivity index (χ3v) is 0.898. The van der Waals surface area contributed by atoms with Crippen LogP contribution in [-0.2, 0) is 0 Å². The van der Waals surface area contributed by atoms with Gasteiger partial charge in [0.25, 0.3) is 0 Å². The molecule has 0 unspecified atom stereocenters. The second-order valence-corrected chi connectivity index (χ2v) is 1.63. The van der Waals surface area contributed by atoms with Gasteiger partial charge < -0.3 is 5.32 Å². The molecule has 0 fully saturated rings. The van der Waals surface area contributed by atoms with E-state index in [2.05, 4.69) is 26.8 Å². The Kier molecular flexibility index (Phi) is 2.37. The number of nitrogens with zero attached hydrogens (tertiary/aromatic N) is 3. The first-order valence-electron chi connectivity index (χ1n) is 2.90. The van der Waals surface area contributed by atoms with Gasteiger partial charge in [0.2, 0.25) is 5.95 Å². The summed E-state index contributed by atoms with van der Waals surface area (Å²) in [5, 5.41) is 2.91. The molecular weight excluding hydrogens is 128 g/mol. The van der Waals surface area contributed by atoms with Crippen molar-refractivity contribution in [3.63, 3.8) is 0 Å². The fourth-order valence-electron chi connectivity index (χ4n) is 0.494. The summed E-state index contributed by atoms with van der Waals surface area (Å²) in [6, 6.07) is 0. The van der Waals surface area contributed by atoms with E-state index >= 15 is 0 Å². The molecule has 10 heavy (non-hydrogen) atoms. The van der Waals surface area contributed by atoms with Gasteiger partial charge in [0, 0.05) is 6.54 Å². The minimum absolute atomic E-state index is 0.579. The molecule has 1 aromatic heterocycles. The van der Waals surface area contributed by atoms with Crippen molar-refractivity contribution in [2.24, 2.45) is 0 Å². The topological polar surface area (TPSA) is 50.7 Å². The lowest BCUT2D eigenvalue weighted by molar-refractivity contribution is 1.03. The summed E-state index contributed by atoms with van der Waals surface area (Å²) >= 11 is 0. The van der Waals surface area contributed by atoms with E-state index in [0.29, 0.717) is 12.5 Å². The summed E-state index contributed by atoms with van der Waals surface area (Å²) in [6.07, 6.45) is 4.63. The maximum absolute atomic E-state index is 3.84. The van der Waals surface area contributed by atoms with Crippen LogP contribution in [0, 0.1) is 0 Å². The van der Waals surface area contributed by atoms with E-state index < -0.39 is 0 Å². The zero-order valence-electron chi connectivity index (χ0n) is 5.49. The van der Waals surface area contributed by atoms with Gasteiger partial charge in [-0.05, 0) is 0 Å². The molecule has 0 saturated heterocycles.